The number of halogens is 1. The number of benzene rings is 1. The van der Waals surface area contributed by atoms with Crippen molar-refractivity contribution in [2.24, 2.45) is 0 Å². The minimum atomic E-state index is -1.20. The summed E-state index contributed by atoms with van der Waals surface area (Å²) in [6, 6.07) is 5.16. The molecule has 0 fully saturated rings. The number of carboxylic acid groups (broad SMARTS) is 1. The van der Waals surface area contributed by atoms with Gasteiger partial charge in [-0.15, -0.1) is 0 Å². The zero-order valence-corrected chi connectivity index (χ0v) is 12.5. The number of hydrogen-bond acceptors (Lipinski definition) is 3. The summed E-state index contributed by atoms with van der Waals surface area (Å²) in [5.41, 5.74) is 0.248. The highest BCUT2D eigenvalue weighted by Gasteiger charge is 2.24. The van der Waals surface area contributed by atoms with Crippen molar-refractivity contribution in [3.8, 4) is 0 Å². The third kappa shape index (κ3) is 2.21. The van der Waals surface area contributed by atoms with Crippen molar-refractivity contribution in [3.05, 3.63) is 63.6 Å². The molecule has 0 spiro atoms. The molecule has 0 aliphatic heterocycles. The Labute approximate surface area is 130 Å². The molecular weight excluding hydrogens is 301 g/mol. The molecular formula is C16H14FN3O3. The third-order valence-electron chi connectivity index (χ3n) is 4.01. The fourth-order valence-corrected chi connectivity index (χ4v) is 2.91. The molecule has 23 heavy (non-hydrogen) atoms. The predicted octanol–water partition coefficient (Wildman–Crippen LogP) is 2.48. The largest absolute Gasteiger partial charge is 0.478 e. The van der Waals surface area contributed by atoms with Crippen LogP contribution >= 0.6 is 0 Å². The van der Waals surface area contributed by atoms with Crippen LogP contribution in [0.25, 0.3) is 10.8 Å². The second-order valence-electron chi connectivity index (χ2n) is 5.29. The van der Waals surface area contributed by atoms with Crippen molar-refractivity contribution in [1.82, 2.24) is 14.8 Å². The number of nitrogens with zero attached hydrogens (tertiary/aromatic N) is 2. The standard InChI is InChI=1S/C16H14FN3O3/c1-8(12-6-7-18-19-12)20-9(2)13(16(22)23)10-4-3-5-11(17)14(10)15(20)21/h3-8H,1-2H3,(H,18,19)(H,22,23). The molecule has 0 aliphatic carbocycles. The normalized spacial score (nSPS) is 12.5. The number of fused-ring (bicyclic) bond motifs is 1. The zero-order valence-electron chi connectivity index (χ0n) is 12.5. The number of hydrogen-bond donors (Lipinski definition) is 2. The lowest BCUT2D eigenvalue weighted by Crippen LogP contribution is -2.29. The minimum absolute atomic E-state index is 0.0783. The van der Waals surface area contributed by atoms with Crippen molar-refractivity contribution >= 4 is 16.7 Å². The molecule has 6 nitrogen and oxygen atoms in total. The van der Waals surface area contributed by atoms with Gasteiger partial charge < -0.3 is 9.67 Å². The minimum Gasteiger partial charge on any atom is -0.478 e. The molecule has 1 aromatic carbocycles. The van der Waals surface area contributed by atoms with Gasteiger partial charge in [-0.05, 0) is 26.0 Å². The first kappa shape index (κ1) is 15.0. The van der Waals surface area contributed by atoms with Gasteiger partial charge in [0, 0.05) is 17.3 Å². The maximum absolute atomic E-state index is 14.2. The van der Waals surface area contributed by atoms with Crippen LogP contribution in [0.15, 0.2) is 35.3 Å². The van der Waals surface area contributed by atoms with Gasteiger partial charge in [0.05, 0.1) is 22.7 Å². The summed E-state index contributed by atoms with van der Waals surface area (Å²) in [7, 11) is 0. The average Bonchev–Trinajstić information content (AvgIpc) is 3.00. The molecule has 3 rings (SSSR count). The van der Waals surface area contributed by atoms with E-state index in [0.29, 0.717) is 5.69 Å². The van der Waals surface area contributed by atoms with E-state index in [1.165, 1.54) is 22.9 Å². The van der Waals surface area contributed by atoms with Crippen LogP contribution in [0.1, 0.15) is 34.7 Å². The first-order valence-electron chi connectivity index (χ1n) is 6.99. The van der Waals surface area contributed by atoms with Crippen LogP contribution in [-0.4, -0.2) is 25.8 Å². The third-order valence-corrected chi connectivity index (χ3v) is 4.01. The molecule has 2 heterocycles. The molecule has 1 atom stereocenters. The van der Waals surface area contributed by atoms with Gasteiger partial charge >= 0.3 is 5.97 Å². The van der Waals surface area contributed by atoms with Crippen LogP contribution in [-0.2, 0) is 0 Å². The van der Waals surface area contributed by atoms with Crippen LogP contribution in [0.2, 0.25) is 0 Å². The van der Waals surface area contributed by atoms with Gasteiger partial charge in [0.25, 0.3) is 5.56 Å². The highest BCUT2D eigenvalue weighted by molar-refractivity contribution is 6.04. The number of aromatic amines is 1. The summed E-state index contributed by atoms with van der Waals surface area (Å²) in [5.74, 6) is -1.94. The quantitative estimate of drug-likeness (QED) is 0.777. The predicted molar refractivity (Wildman–Crippen MR) is 82.3 cm³/mol. The molecule has 2 aromatic heterocycles. The van der Waals surface area contributed by atoms with Gasteiger partial charge in [-0.2, -0.15) is 5.10 Å². The Morgan fingerprint density at radius 3 is 2.74 bits per heavy atom. The summed E-state index contributed by atoms with van der Waals surface area (Å²) >= 11 is 0. The van der Waals surface area contributed by atoms with Crippen LogP contribution in [0.3, 0.4) is 0 Å². The number of nitrogens with one attached hydrogen (secondary N) is 1. The SMILES string of the molecule is Cc1c(C(=O)O)c2cccc(F)c2c(=O)n1C(C)c1ccn[nH]1. The highest BCUT2D eigenvalue weighted by atomic mass is 19.1. The molecule has 0 radical (unpaired) electrons. The molecule has 2 N–H and O–H groups in total. The van der Waals surface area contributed by atoms with E-state index in [1.807, 2.05) is 0 Å². The Morgan fingerprint density at radius 1 is 1.39 bits per heavy atom. The summed E-state index contributed by atoms with van der Waals surface area (Å²) in [6.45, 7) is 3.27. The molecule has 0 amide bonds. The van der Waals surface area contributed by atoms with Gasteiger partial charge in [-0.25, -0.2) is 9.18 Å². The highest BCUT2D eigenvalue weighted by Crippen LogP contribution is 2.25. The summed E-state index contributed by atoms with van der Waals surface area (Å²) < 4.78 is 15.5. The molecule has 7 heteroatoms. The molecule has 0 bridgehead atoms. The number of aromatic nitrogens is 3. The number of aromatic carboxylic acids is 1. The molecule has 3 aromatic rings. The van der Waals surface area contributed by atoms with E-state index in [0.717, 1.165) is 6.07 Å². The molecule has 0 aliphatic rings. The van der Waals surface area contributed by atoms with Crippen molar-refractivity contribution in [2.45, 2.75) is 19.9 Å². The molecule has 0 saturated heterocycles. The lowest BCUT2D eigenvalue weighted by Gasteiger charge is -2.20. The second-order valence-corrected chi connectivity index (χ2v) is 5.29. The van der Waals surface area contributed by atoms with Gasteiger partial charge in [-0.1, -0.05) is 12.1 Å². The smallest absolute Gasteiger partial charge is 0.338 e. The Balaban J connectivity index is 2.46. The van der Waals surface area contributed by atoms with Crippen molar-refractivity contribution in [3.63, 3.8) is 0 Å². The summed E-state index contributed by atoms with van der Waals surface area (Å²) in [5, 5.41) is 16.0. The Kier molecular flexibility index (Phi) is 3.48. The number of pyridine rings is 1. The Bertz CT molecular complexity index is 961. The Hall–Kier alpha value is -2.96. The lowest BCUT2D eigenvalue weighted by atomic mass is 10.0. The van der Waals surface area contributed by atoms with Crippen molar-refractivity contribution in [1.29, 1.82) is 0 Å². The fourth-order valence-electron chi connectivity index (χ4n) is 2.91. The zero-order chi connectivity index (χ0) is 16.7. The van der Waals surface area contributed by atoms with Crippen LogP contribution in [0.5, 0.6) is 0 Å². The Morgan fingerprint density at radius 2 is 2.13 bits per heavy atom. The monoisotopic (exact) mass is 315 g/mol. The average molecular weight is 315 g/mol. The van der Waals surface area contributed by atoms with Gasteiger partial charge in [-0.3, -0.25) is 9.89 Å². The number of carboxylic acids is 1. The van der Waals surface area contributed by atoms with E-state index < -0.39 is 23.4 Å². The molecule has 0 saturated carbocycles. The first-order chi connectivity index (χ1) is 10.9. The van der Waals surface area contributed by atoms with Crippen molar-refractivity contribution < 1.29 is 14.3 Å². The number of H-pyrrole nitrogens is 1. The summed E-state index contributed by atoms with van der Waals surface area (Å²) in [6.07, 6.45) is 1.53. The topological polar surface area (TPSA) is 88.0 Å². The van der Waals surface area contributed by atoms with Crippen LogP contribution < -0.4 is 5.56 Å². The van der Waals surface area contributed by atoms with E-state index >= 15 is 0 Å². The maximum Gasteiger partial charge on any atom is 0.338 e. The maximum atomic E-state index is 14.2. The van der Waals surface area contributed by atoms with E-state index in [1.54, 1.807) is 19.9 Å². The molecule has 118 valence electrons. The number of rotatable bonds is 3. The van der Waals surface area contributed by atoms with Gasteiger partial charge in [0.1, 0.15) is 5.82 Å². The van der Waals surface area contributed by atoms with Crippen molar-refractivity contribution in [2.75, 3.05) is 0 Å². The summed E-state index contributed by atoms with van der Waals surface area (Å²) in [4.78, 5) is 24.4. The van der Waals surface area contributed by atoms with E-state index in [-0.39, 0.29) is 22.0 Å². The van der Waals surface area contributed by atoms with E-state index in [9.17, 15) is 19.1 Å². The number of carbonyl (C=O) groups is 1. The van der Waals surface area contributed by atoms with Crippen LogP contribution in [0, 0.1) is 12.7 Å². The van der Waals surface area contributed by atoms with E-state index in [4.69, 9.17) is 0 Å². The second kappa shape index (κ2) is 5.35. The van der Waals surface area contributed by atoms with Gasteiger partial charge in [0.15, 0.2) is 0 Å². The lowest BCUT2D eigenvalue weighted by molar-refractivity contribution is 0.0697. The van der Waals surface area contributed by atoms with Crippen LogP contribution in [0.4, 0.5) is 4.39 Å². The fraction of sp³-hybridized carbons (Fsp3) is 0.188. The van der Waals surface area contributed by atoms with E-state index in [2.05, 4.69) is 10.2 Å². The first-order valence-corrected chi connectivity index (χ1v) is 6.99. The molecule has 1 unspecified atom stereocenters. The van der Waals surface area contributed by atoms with Gasteiger partial charge in [0.2, 0.25) is 0 Å².